The molecule has 1 aromatic rings. The molecule has 0 saturated heterocycles. The van der Waals surface area contributed by atoms with Gasteiger partial charge < -0.3 is 19.9 Å². The van der Waals surface area contributed by atoms with Crippen molar-refractivity contribution in [1.29, 1.82) is 0 Å². The summed E-state index contributed by atoms with van der Waals surface area (Å²) in [7, 11) is 1.64. The molecule has 0 aliphatic rings. The highest BCUT2D eigenvalue weighted by atomic mass is 16.5. The lowest BCUT2D eigenvalue weighted by Crippen LogP contribution is -2.30. The first-order valence-corrected chi connectivity index (χ1v) is 6.35. The van der Waals surface area contributed by atoms with E-state index in [-0.39, 0.29) is 0 Å². The normalized spacial score (nSPS) is 12.4. The maximum atomic E-state index is 9.63. The summed E-state index contributed by atoms with van der Waals surface area (Å²) in [5.41, 5.74) is 1.07. The molecule has 1 rings (SSSR count). The zero-order chi connectivity index (χ0) is 13.2. The Bertz CT molecular complexity index is 313. The average Bonchev–Trinajstić information content (AvgIpc) is 2.40. The number of hydrogen-bond donors (Lipinski definition) is 2. The molecule has 0 amide bonds. The quantitative estimate of drug-likeness (QED) is 0.656. The lowest BCUT2D eigenvalue weighted by molar-refractivity contribution is 0.0290. The van der Waals surface area contributed by atoms with Gasteiger partial charge in [-0.15, -0.1) is 0 Å². The van der Waals surface area contributed by atoms with Crippen molar-refractivity contribution in [3.63, 3.8) is 0 Å². The molecule has 0 aliphatic carbocycles. The van der Waals surface area contributed by atoms with E-state index in [0.29, 0.717) is 19.8 Å². The highest BCUT2D eigenvalue weighted by Gasteiger charge is 2.03. The fourth-order valence-corrected chi connectivity index (χ4v) is 1.54. The minimum absolute atomic E-state index is 0.350. The van der Waals surface area contributed by atoms with Crippen molar-refractivity contribution in [3.8, 4) is 5.75 Å². The number of aliphatic hydroxyl groups excluding tert-OH is 1. The molecule has 0 spiro atoms. The molecule has 0 radical (unpaired) electrons. The number of benzene rings is 1. The van der Waals surface area contributed by atoms with Crippen molar-refractivity contribution in [2.45, 2.75) is 26.1 Å². The fraction of sp³-hybridized carbons (Fsp3) is 0.571. The molecule has 1 unspecified atom stereocenters. The number of hydrogen-bond acceptors (Lipinski definition) is 4. The van der Waals surface area contributed by atoms with E-state index in [2.05, 4.69) is 12.2 Å². The van der Waals surface area contributed by atoms with Crippen molar-refractivity contribution < 1.29 is 14.6 Å². The lowest BCUT2D eigenvalue weighted by Gasteiger charge is -2.12. The number of aliphatic hydroxyl groups is 1. The van der Waals surface area contributed by atoms with Crippen LogP contribution in [0.5, 0.6) is 5.75 Å². The summed E-state index contributed by atoms with van der Waals surface area (Å²) in [6, 6.07) is 7.72. The Morgan fingerprint density at radius 1 is 1.28 bits per heavy atom. The van der Waals surface area contributed by atoms with Gasteiger partial charge >= 0.3 is 0 Å². The Morgan fingerprint density at radius 2 is 2.00 bits per heavy atom. The van der Waals surface area contributed by atoms with Gasteiger partial charge in [-0.05, 0) is 30.7 Å². The third-order valence-corrected chi connectivity index (χ3v) is 2.54. The topological polar surface area (TPSA) is 50.7 Å². The van der Waals surface area contributed by atoms with Gasteiger partial charge in [-0.25, -0.2) is 0 Å². The summed E-state index contributed by atoms with van der Waals surface area (Å²) < 4.78 is 10.5. The van der Waals surface area contributed by atoms with Gasteiger partial charge in [0.25, 0.3) is 0 Å². The van der Waals surface area contributed by atoms with Gasteiger partial charge in [-0.1, -0.05) is 19.1 Å². The zero-order valence-corrected chi connectivity index (χ0v) is 11.2. The second-order valence-electron chi connectivity index (χ2n) is 4.22. The summed E-state index contributed by atoms with van der Waals surface area (Å²) in [6.45, 7) is 4.46. The summed E-state index contributed by atoms with van der Waals surface area (Å²) in [6.07, 6.45) is 0.620. The number of rotatable bonds is 9. The van der Waals surface area contributed by atoms with E-state index in [1.165, 1.54) is 0 Å². The number of methoxy groups -OCH3 is 1. The first-order valence-electron chi connectivity index (χ1n) is 6.35. The third kappa shape index (κ3) is 6.00. The maximum Gasteiger partial charge on any atom is 0.118 e. The van der Waals surface area contributed by atoms with E-state index in [0.717, 1.165) is 24.3 Å². The minimum Gasteiger partial charge on any atom is -0.497 e. The van der Waals surface area contributed by atoms with Crippen molar-refractivity contribution in [3.05, 3.63) is 29.8 Å². The average molecular weight is 253 g/mol. The van der Waals surface area contributed by atoms with Crippen LogP contribution in [0.25, 0.3) is 0 Å². The van der Waals surface area contributed by atoms with Crippen molar-refractivity contribution in [2.75, 3.05) is 26.8 Å². The predicted molar refractivity (Wildman–Crippen MR) is 71.8 cm³/mol. The number of ether oxygens (including phenoxy) is 2. The molecule has 0 fully saturated rings. The molecule has 4 nitrogen and oxygen atoms in total. The zero-order valence-electron chi connectivity index (χ0n) is 11.2. The van der Waals surface area contributed by atoms with Crippen LogP contribution in [0.3, 0.4) is 0 Å². The number of nitrogens with one attached hydrogen (secondary N) is 1. The van der Waals surface area contributed by atoms with Crippen molar-refractivity contribution >= 4 is 0 Å². The molecule has 1 aromatic carbocycles. The Morgan fingerprint density at radius 3 is 2.61 bits per heavy atom. The first-order chi connectivity index (χ1) is 8.76. The second kappa shape index (κ2) is 8.91. The maximum absolute atomic E-state index is 9.63. The van der Waals surface area contributed by atoms with Crippen LogP contribution >= 0.6 is 0 Å². The molecular weight excluding hydrogens is 230 g/mol. The SMILES string of the molecule is CCCNCC(O)COCc1ccc(OC)cc1. The van der Waals surface area contributed by atoms with Gasteiger partial charge in [0.2, 0.25) is 0 Å². The Hall–Kier alpha value is -1.10. The molecular formula is C14H23NO3. The molecule has 0 saturated carbocycles. The van der Waals surface area contributed by atoms with Crippen LogP contribution in [0.4, 0.5) is 0 Å². The van der Waals surface area contributed by atoms with Gasteiger partial charge in [-0.2, -0.15) is 0 Å². The molecule has 0 aliphatic heterocycles. The predicted octanol–water partition coefficient (Wildman–Crippen LogP) is 1.57. The standard InChI is InChI=1S/C14H23NO3/c1-3-8-15-9-13(16)11-18-10-12-4-6-14(17-2)7-5-12/h4-7,13,15-16H,3,8-11H2,1-2H3. The molecule has 0 bridgehead atoms. The third-order valence-electron chi connectivity index (χ3n) is 2.54. The molecule has 102 valence electrons. The van der Waals surface area contributed by atoms with E-state index < -0.39 is 6.10 Å². The second-order valence-corrected chi connectivity index (χ2v) is 4.22. The minimum atomic E-state index is -0.449. The van der Waals surface area contributed by atoms with Crippen LogP contribution < -0.4 is 10.1 Å². The summed E-state index contributed by atoms with van der Waals surface area (Å²) >= 11 is 0. The fourth-order valence-electron chi connectivity index (χ4n) is 1.54. The van der Waals surface area contributed by atoms with E-state index in [1.807, 2.05) is 24.3 Å². The molecule has 4 heteroatoms. The van der Waals surface area contributed by atoms with E-state index in [9.17, 15) is 5.11 Å². The van der Waals surface area contributed by atoms with Crippen molar-refractivity contribution in [2.24, 2.45) is 0 Å². The summed E-state index contributed by atoms with van der Waals surface area (Å²) in [5.74, 6) is 0.836. The van der Waals surface area contributed by atoms with Gasteiger partial charge in [0.05, 0.1) is 26.4 Å². The van der Waals surface area contributed by atoms with Crippen LogP contribution in [0.2, 0.25) is 0 Å². The Balaban J connectivity index is 2.16. The molecule has 0 aromatic heterocycles. The monoisotopic (exact) mass is 253 g/mol. The van der Waals surface area contributed by atoms with Crippen LogP contribution in [0.1, 0.15) is 18.9 Å². The summed E-state index contributed by atoms with van der Waals surface area (Å²) in [4.78, 5) is 0. The largest absolute Gasteiger partial charge is 0.497 e. The highest BCUT2D eigenvalue weighted by molar-refractivity contribution is 5.26. The van der Waals surface area contributed by atoms with Gasteiger partial charge in [-0.3, -0.25) is 0 Å². The van der Waals surface area contributed by atoms with E-state index in [1.54, 1.807) is 7.11 Å². The Labute approximate surface area is 109 Å². The van der Waals surface area contributed by atoms with Crippen LogP contribution in [0, 0.1) is 0 Å². The van der Waals surface area contributed by atoms with Crippen LogP contribution in [0.15, 0.2) is 24.3 Å². The van der Waals surface area contributed by atoms with Gasteiger partial charge in [0.1, 0.15) is 5.75 Å². The van der Waals surface area contributed by atoms with Gasteiger partial charge in [0.15, 0.2) is 0 Å². The molecule has 0 heterocycles. The molecule has 1 atom stereocenters. The van der Waals surface area contributed by atoms with Crippen molar-refractivity contribution in [1.82, 2.24) is 5.32 Å². The van der Waals surface area contributed by atoms with Crippen LogP contribution in [-0.4, -0.2) is 38.0 Å². The Kier molecular flexibility index (Phi) is 7.41. The first kappa shape index (κ1) is 15.0. The lowest BCUT2D eigenvalue weighted by atomic mass is 10.2. The van der Waals surface area contributed by atoms with E-state index in [4.69, 9.17) is 9.47 Å². The van der Waals surface area contributed by atoms with Gasteiger partial charge in [0, 0.05) is 6.54 Å². The summed E-state index contributed by atoms with van der Waals surface area (Å²) in [5, 5.41) is 12.8. The molecule has 2 N–H and O–H groups in total. The van der Waals surface area contributed by atoms with E-state index >= 15 is 0 Å². The molecule has 18 heavy (non-hydrogen) atoms. The smallest absolute Gasteiger partial charge is 0.118 e. The van der Waals surface area contributed by atoms with Crippen LogP contribution in [-0.2, 0) is 11.3 Å². The highest BCUT2D eigenvalue weighted by Crippen LogP contribution is 2.11.